The second-order valence-electron chi connectivity index (χ2n) is 7.97. The van der Waals surface area contributed by atoms with Gasteiger partial charge in [-0.05, 0) is 24.8 Å². The Labute approximate surface area is 187 Å². The van der Waals surface area contributed by atoms with Crippen molar-refractivity contribution in [3.05, 3.63) is 35.9 Å². The molecule has 2 saturated heterocycles. The largest absolute Gasteiger partial charge is 0.480 e. The fourth-order valence-corrected chi connectivity index (χ4v) is 5.38. The molecule has 10 nitrogen and oxygen atoms in total. The second-order valence-corrected chi connectivity index (χ2v) is 9.73. The highest BCUT2D eigenvalue weighted by Crippen LogP contribution is 2.20. The SMILES string of the molecule is O=C(O)C1CCCN1C(=O)[C@@H](CCC(=O)N1CCOCC1)NS(=O)(=O)Cc1ccccc1. The summed E-state index contributed by atoms with van der Waals surface area (Å²) in [5, 5.41) is 9.42. The molecule has 2 N–H and O–H groups in total. The van der Waals surface area contributed by atoms with Crippen molar-refractivity contribution < 1.29 is 32.6 Å². The molecule has 0 aromatic heterocycles. The Balaban J connectivity index is 1.72. The molecule has 32 heavy (non-hydrogen) atoms. The predicted molar refractivity (Wildman–Crippen MR) is 115 cm³/mol. The van der Waals surface area contributed by atoms with Gasteiger partial charge < -0.3 is 19.6 Å². The van der Waals surface area contributed by atoms with E-state index in [-0.39, 0.29) is 31.0 Å². The molecule has 1 unspecified atom stereocenters. The number of hydrogen-bond acceptors (Lipinski definition) is 6. The highest BCUT2D eigenvalue weighted by Gasteiger charge is 2.38. The molecule has 2 aliphatic heterocycles. The van der Waals surface area contributed by atoms with Gasteiger partial charge >= 0.3 is 5.97 Å². The van der Waals surface area contributed by atoms with E-state index in [1.165, 1.54) is 4.90 Å². The van der Waals surface area contributed by atoms with Gasteiger partial charge in [0, 0.05) is 26.1 Å². The Morgan fingerprint density at radius 3 is 2.47 bits per heavy atom. The van der Waals surface area contributed by atoms with Gasteiger partial charge in [0.1, 0.15) is 12.1 Å². The molecule has 2 atom stereocenters. The zero-order valence-electron chi connectivity index (χ0n) is 17.8. The van der Waals surface area contributed by atoms with Crippen molar-refractivity contribution >= 4 is 27.8 Å². The first-order valence-corrected chi connectivity index (χ1v) is 12.3. The lowest BCUT2D eigenvalue weighted by Crippen LogP contribution is -2.52. The van der Waals surface area contributed by atoms with Crippen LogP contribution < -0.4 is 4.72 Å². The third-order valence-corrected chi connectivity index (χ3v) is 7.01. The number of ether oxygens (including phenoxy) is 1. The summed E-state index contributed by atoms with van der Waals surface area (Å²) in [5.74, 6) is -2.24. The summed E-state index contributed by atoms with van der Waals surface area (Å²) in [6, 6.07) is 6.34. The molecule has 0 radical (unpaired) electrons. The molecule has 176 valence electrons. The third-order valence-electron chi connectivity index (χ3n) is 5.65. The molecule has 0 aliphatic carbocycles. The van der Waals surface area contributed by atoms with E-state index in [0.717, 1.165) is 0 Å². The van der Waals surface area contributed by atoms with Gasteiger partial charge in [-0.3, -0.25) is 9.59 Å². The van der Waals surface area contributed by atoms with Gasteiger partial charge in [-0.2, -0.15) is 0 Å². The molecule has 2 aliphatic rings. The van der Waals surface area contributed by atoms with Gasteiger partial charge in [-0.15, -0.1) is 0 Å². The van der Waals surface area contributed by atoms with Gasteiger partial charge in [-0.25, -0.2) is 17.9 Å². The van der Waals surface area contributed by atoms with Crippen LogP contribution in [0.15, 0.2) is 30.3 Å². The van der Waals surface area contributed by atoms with Crippen LogP contribution in [0.1, 0.15) is 31.2 Å². The number of benzene rings is 1. The Morgan fingerprint density at radius 2 is 1.81 bits per heavy atom. The molecule has 1 aromatic rings. The van der Waals surface area contributed by atoms with Gasteiger partial charge in [0.05, 0.1) is 19.0 Å². The Hall–Kier alpha value is -2.50. The summed E-state index contributed by atoms with van der Waals surface area (Å²) >= 11 is 0. The van der Waals surface area contributed by atoms with Crippen molar-refractivity contribution in [3.8, 4) is 0 Å². The summed E-state index contributed by atoms with van der Waals surface area (Å²) in [4.78, 5) is 40.1. The highest BCUT2D eigenvalue weighted by atomic mass is 32.2. The number of likely N-dealkylation sites (tertiary alicyclic amines) is 1. The van der Waals surface area contributed by atoms with E-state index >= 15 is 0 Å². The number of morpholine rings is 1. The van der Waals surface area contributed by atoms with Crippen molar-refractivity contribution in [1.82, 2.24) is 14.5 Å². The van der Waals surface area contributed by atoms with E-state index < -0.39 is 34.0 Å². The van der Waals surface area contributed by atoms with Gasteiger partial charge in [-0.1, -0.05) is 30.3 Å². The minimum Gasteiger partial charge on any atom is -0.480 e. The standard InChI is InChI=1S/C21H29N3O7S/c25-19(23-11-13-31-14-12-23)9-8-17(20(26)24-10-4-7-18(24)21(27)28)22-32(29,30)15-16-5-2-1-3-6-16/h1-3,5-6,17-18,22H,4,7-15H2,(H,27,28)/t17-,18?/m1/s1. The first-order valence-electron chi connectivity index (χ1n) is 10.7. The first-order chi connectivity index (χ1) is 15.3. The van der Waals surface area contributed by atoms with Crippen LogP contribution in [-0.4, -0.2) is 86.0 Å². The van der Waals surface area contributed by atoms with Gasteiger partial charge in [0.15, 0.2) is 0 Å². The fraction of sp³-hybridized carbons (Fsp3) is 0.571. The van der Waals surface area contributed by atoms with E-state index in [1.807, 2.05) is 0 Å². The number of hydrogen-bond donors (Lipinski definition) is 2. The zero-order valence-corrected chi connectivity index (χ0v) is 18.6. The van der Waals surface area contributed by atoms with Crippen LogP contribution in [0.5, 0.6) is 0 Å². The number of amides is 2. The summed E-state index contributed by atoms with van der Waals surface area (Å²) in [5.41, 5.74) is 0.556. The summed E-state index contributed by atoms with van der Waals surface area (Å²) < 4.78 is 33.2. The predicted octanol–water partition coefficient (Wildman–Crippen LogP) is 0.189. The van der Waals surface area contributed by atoms with Crippen molar-refractivity contribution in [2.24, 2.45) is 0 Å². The molecule has 11 heteroatoms. The molecule has 0 saturated carbocycles. The number of nitrogens with zero attached hydrogens (tertiary/aromatic N) is 2. The number of carbonyl (C=O) groups is 3. The van der Waals surface area contributed by atoms with Gasteiger partial charge in [0.2, 0.25) is 21.8 Å². The lowest BCUT2D eigenvalue weighted by Gasteiger charge is -2.29. The van der Waals surface area contributed by atoms with Crippen LogP contribution >= 0.6 is 0 Å². The molecule has 1 aromatic carbocycles. The molecule has 3 rings (SSSR count). The third kappa shape index (κ3) is 6.50. The van der Waals surface area contributed by atoms with E-state index in [0.29, 0.717) is 44.7 Å². The highest BCUT2D eigenvalue weighted by molar-refractivity contribution is 7.88. The normalized spacial score (nSPS) is 20.2. The van der Waals surface area contributed by atoms with E-state index in [1.54, 1.807) is 35.2 Å². The van der Waals surface area contributed by atoms with Crippen LogP contribution in [0, 0.1) is 0 Å². The van der Waals surface area contributed by atoms with Crippen LogP contribution in [0.3, 0.4) is 0 Å². The van der Waals surface area contributed by atoms with Gasteiger partial charge in [0.25, 0.3) is 0 Å². The van der Waals surface area contributed by atoms with E-state index in [9.17, 15) is 27.9 Å². The maximum absolute atomic E-state index is 13.2. The maximum Gasteiger partial charge on any atom is 0.326 e. The Morgan fingerprint density at radius 1 is 1.12 bits per heavy atom. The number of sulfonamides is 1. The lowest BCUT2D eigenvalue weighted by molar-refractivity contribution is -0.149. The van der Waals surface area contributed by atoms with E-state index in [2.05, 4.69) is 4.72 Å². The summed E-state index contributed by atoms with van der Waals surface area (Å²) in [7, 11) is -3.91. The van der Waals surface area contributed by atoms with Crippen molar-refractivity contribution in [3.63, 3.8) is 0 Å². The average molecular weight is 468 g/mol. The molecular weight excluding hydrogens is 438 g/mol. The Bertz CT molecular complexity index is 917. The zero-order chi connectivity index (χ0) is 23.1. The Kier molecular flexibility index (Phi) is 8.21. The second kappa shape index (κ2) is 10.9. The maximum atomic E-state index is 13.2. The first kappa shape index (κ1) is 24.1. The molecule has 2 fully saturated rings. The number of carboxylic acid groups (broad SMARTS) is 1. The van der Waals surface area contributed by atoms with Crippen LogP contribution in [0.2, 0.25) is 0 Å². The van der Waals surface area contributed by atoms with E-state index in [4.69, 9.17) is 4.74 Å². The molecular formula is C21H29N3O7S. The van der Waals surface area contributed by atoms with Crippen LogP contribution in [-0.2, 0) is 34.9 Å². The van der Waals surface area contributed by atoms with Crippen molar-refractivity contribution in [2.45, 2.75) is 43.5 Å². The monoisotopic (exact) mass is 467 g/mol. The summed E-state index contributed by atoms with van der Waals surface area (Å²) in [6.45, 7) is 2.01. The minimum atomic E-state index is -3.91. The number of carboxylic acids is 1. The summed E-state index contributed by atoms with van der Waals surface area (Å²) in [6.07, 6.45) is 0.762. The van der Waals surface area contributed by atoms with Crippen molar-refractivity contribution in [2.75, 3.05) is 32.8 Å². The number of nitrogens with one attached hydrogen (secondary N) is 1. The van der Waals surface area contributed by atoms with Crippen LogP contribution in [0.25, 0.3) is 0 Å². The van der Waals surface area contributed by atoms with Crippen molar-refractivity contribution in [1.29, 1.82) is 0 Å². The number of aliphatic carboxylic acids is 1. The number of rotatable bonds is 9. The number of carbonyl (C=O) groups excluding carboxylic acids is 2. The molecule has 0 spiro atoms. The smallest absolute Gasteiger partial charge is 0.326 e. The molecule has 2 heterocycles. The quantitative estimate of drug-likeness (QED) is 0.530. The molecule has 0 bridgehead atoms. The minimum absolute atomic E-state index is 0.0319. The fourth-order valence-electron chi connectivity index (χ4n) is 4.01. The van der Waals surface area contributed by atoms with Crippen LogP contribution in [0.4, 0.5) is 0 Å². The average Bonchev–Trinajstić information content (AvgIpc) is 3.27. The lowest BCUT2D eigenvalue weighted by atomic mass is 10.1. The topological polar surface area (TPSA) is 133 Å². The molecule has 2 amide bonds.